The van der Waals surface area contributed by atoms with Crippen molar-refractivity contribution in [1.82, 2.24) is 4.98 Å². The molecule has 0 fully saturated rings. The summed E-state index contributed by atoms with van der Waals surface area (Å²) in [6.45, 7) is 4.15. The summed E-state index contributed by atoms with van der Waals surface area (Å²) in [7, 11) is 1.64. The van der Waals surface area contributed by atoms with Gasteiger partial charge in [0.15, 0.2) is 0 Å². The van der Waals surface area contributed by atoms with Crippen molar-refractivity contribution >= 4 is 12.2 Å². The number of hydrogen-bond acceptors (Lipinski definition) is 2. The maximum atomic E-state index is 13.1. The Morgan fingerprint density at radius 2 is 1.90 bits per heavy atom. The van der Waals surface area contributed by atoms with Gasteiger partial charge in [0, 0.05) is 6.20 Å². The molecule has 1 heterocycles. The molecule has 104 valence electrons. The van der Waals surface area contributed by atoms with Crippen LogP contribution in [-0.2, 0) is 0 Å². The Hall–Kier alpha value is -2.16. The number of methoxy groups -OCH3 is 1. The second-order valence-electron chi connectivity index (χ2n) is 4.90. The predicted octanol–water partition coefficient (Wildman–Crippen LogP) is 4.52. The highest BCUT2D eigenvalue weighted by molar-refractivity contribution is 5.69. The van der Waals surface area contributed by atoms with Crippen LogP contribution in [-0.4, -0.2) is 12.1 Å². The van der Waals surface area contributed by atoms with Crippen molar-refractivity contribution in [2.75, 3.05) is 7.11 Å². The zero-order valence-corrected chi connectivity index (χ0v) is 11.9. The number of benzene rings is 1. The highest BCUT2D eigenvalue weighted by Crippen LogP contribution is 2.25. The van der Waals surface area contributed by atoms with E-state index in [1.165, 1.54) is 12.1 Å². The van der Waals surface area contributed by atoms with Gasteiger partial charge in [-0.25, -0.2) is 4.39 Å². The van der Waals surface area contributed by atoms with E-state index in [9.17, 15) is 4.39 Å². The van der Waals surface area contributed by atoms with E-state index in [0.717, 1.165) is 22.6 Å². The summed E-state index contributed by atoms with van der Waals surface area (Å²) < 4.78 is 18.4. The molecule has 0 atom stereocenters. The molecule has 0 amide bonds. The Kier molecular flexibility index (Phi) is 4.51. The van der Waals surface area contributed by atoms with Gasteiger partial charge in [-0.05, 0) is 35.2 Å². The highest BCUT2D eigenvalue weighted by atomic mass is 19.1. The number of nitrogens with zero attached hydrogens (tertiary/aromatic N) is 1. The Bertz CT molecular complexity index is 620. The molecule has 2 nitrogen and oxygen atoms in total. The molecule has 0 bridgehead atoms. The van der Waals surface area contributed by atoms with Gasteiger partial charge in [0.05, 0.1) is 12.8 Å². The minimum atomic E-state index is -0.238. The average molecular weight is 271 g/mol. The third-order valence-electron chi connectivity index (χ3n) is 2.99. The first-order chi connectivity index (χ1) is 9.60. The van der Waals surface area contributed by atoms with Crippen LogP contribution in [0, 0.1) is 5.82 Å². The third-order valence-corrected chi connectivity index (χ3v) is 2.99. The maximum absolute atomic E-state index is 13.1. The number of pyridine rings is 1. The van der Waals surface area contributed by atoms with Gasteiger partial charge >= 0.3 is 0 Å². The van der Waals surface area contributed by atoms with Crippen LogP contribution < -0.4 is 4.74 Å². The Morgan fingerprint density at radius 3 is 2.55 bits per heavy atom. The Morgan fingerprint density at radius 1 is 1.15 bits per heavy atom. The van der Waals surface area contributed by atoms with Gasteiger partial charge in [-0.15, -0.1) is 0 Å². The lowest BCUT2D eigenvalue weighted by Gasteiger charge is -2.10. The lowest BCUT2D eigenvalue weighted by atomic mass is 10.1. The van der Waals surface area contributed by atoms with Crippen molar-refractivity contribution in [2.45, 2.75) is 19.8 Å². The first kappa shape index (κ1) is 14.3. The summed E-state index contributed by atoms with van der Waals surface area (Å²) in [4.78, 5) is 4.43. The number of rotatable bonds is 4. The molecule has 2 aromatic rings. The van der Waals surface area contributed by atoms with Crippen LogP contribution in [0.2, 0.25) is 0 Å². The molecule has 2 rings (SSSR count). The van der Waals surface area contributed by atoms with Crippen molar-refractivity contribution in [1.29, 1.82) is 0 Å². The first-order valence-corrected chi connectivity index (χ1v) is 6.57. The fourth-order valence-electron chi connectivity index (χ4n) is 1.96. The van der Waals surface area contributed by atoms with E-state index in [0.29, 0.717) is 5.92 Å². The van der Waals surface area contributed by atoms with Gasteiger partial charge in [0.1, 0.15) is 11.6 Å². The molecule has 0 aliphatic heterocycles. The van der Waals surface area contributed by atoms with Crippen LogP contribution >= 0.6 is 0 Å². The summed E-state index contributed by atoms with van der Waals surface area (Å²) in [5, 5.41) is 0. The van der Waals surface area contributed by atoms with Gasteiger partial charge in [-0.3, -0.25) is 4.98 Å². The molecule has 0 unspecified atom stereocenters. The highest BCUT2D eigenvalue weighted by Gasteiger charge is 2.08. The van der Waals surface area contributed by atoms with Crippen LogP contribution in [0.5, 0.6) is 5.75 Å². The second kappa shape index (κ2) is 6.33. The van der Waals surface area contributed by atoms with E-state index < -0.39 is 0 Å². The van der Waals surface area contributed by atoms with E-state index in [1.54, 1.807) is 19.4 Å². The number of hydrogen-bond donors (Lipinski definition) is 0. The molecule has 0 aliphatic carbocycles. The average Bonchev–Trinajstić information content (AvgIpc) is 2.44. The first-order valence-electron chi connectivity index (χ1n) is 6.57. The quantitative estimate of drug-likeness (QED) is 0.815. The van der Waals surface area contributed by atoms with Gasteiger partial charge in [0.2, 0.25) is 0 Å². The van der Waals surface area contributed by atoms with E-state index in [2.05, 4.69) is 18.8 Å². The van der Waals surface area contributed by atoms with Gasteiger partial charge < -0.3 is 4.74 Å². The van der Waals surface area contributed by atoms with Gasteiger partial charge in [0.25, 0.3) is 0 Å². The van der Waals surface area contributed by atoms with Crippen molar-refractivity contribution in [3.63, 3.8) is 0 Å². The lowest BCUT2D eigenvalue weighted by Crippen LogP contribution is -1.98. The number of aromatic nitrogens is 1. The maximum Gasteiger partial charge on any atom is 0.141 e. The van der Waals surface area contributed by atoms with Crippen molar-refractivity contribution in [3.8, 4) is 5.75 Å². The van der Waals surface area contributed by atoms with Gasteiger partial charge in [-0.1, -0.05) is 38.1 Å². The predicted molar refractivity (Wildman–Crippen MR) is 80.2 cm³/mol. The minimum Gasteiger partial charge on any atom is -0.495 e. The number of halogens is 1. The van der Waals surface area contributed by atoms with Crippen molar-refractivity contribution in [3.05, 3.63) is 59.2 Å². The topological polar surface area (TPSA) is 22.1 Å². The summed E-state index contributed by atoms with van der Waals surface area (Å²) in [5.74, 6) is 0.852. The molecule has 0 aliphatic rings. The van der Waals surface area contributed by atoms with E-state index in [4.69, 9.17) is 4.74 Å². The van der Waals surface area contributed by atoms with E-state index >= 15 is 0 Å². The van der Waals surface area contributed by atoms with E-state index in [1.807, 2.05) is 24.3 Å². The minimum absolute atomic E-state index is 0.238. The van der Waals surface area contributed by atoms with Crippen molar-refractivity contribution < 1.29 is 9.13 Å². The monoisotopic (exact) mass is 271 g/mol. The molecule has 1 aromatic carbocycles. The third kappa shape index (κ3) is 3.44. The summed E-state index contributed by atoms with van der Waals surface area (Å²) in [5.41, 5.74) is 2.68. The second-order valence-corrected chi connectivity index (χ2v) is 4.90. The Labute approximate surface area is 118 Å². The van der Waals surface area contributed by atoms with Crippen LogP contribution in [0.3, 0.4) is 0 Å². The number of ether oxygens (including phenoxy) is 1. The molecule has 1 aromatic heterocycles. The standard InChI is InChI=1S/C17H18FNO/c1-12(2)17-16(20-3)10-14(11-19-17)8-7-13-5-4-6-15(18)9-13/h4-12H,1-3H3. The fraction of sp³-hybridized carbons (Fsp3) is 0.235. The molecule has 0 saturated carbocycles. The normalized spacial score (nSPS) is 11.2. The summed E-state index contributed by atoms with van der Waals surface area (Å²) >= 11 is 0. The van der Waals surface area contributed by atoms with Gasteiger partial charge in [-0.2, -0.15) is 0 Å². The van der Waals surface area contributed by atoms with Crippen LogP contribution in [0.25, 0.3) is 12.2 Å². The summed E-state index contributed by atoms with van der Waals surface area (Å²) in [6, 6.07) is 8.41. The largest absolute Gasteiger partial charge is 0.495 e. The zero-order valence-electron chi connectivity index (χ0n) is 11.9. The van der Waals surface area contributed by atoms with Crippen molar-refractivity contribution in [2.24, 2.45) is 0 Å². The zero-order chi connectivity index (χ0) is 14.5. The Balaban J connectivity index is 2.26. The fourth-order valence-corrected chi connectivity index (χ4v) is 1.96. The molecule has 0 saturated heterocycles. The molecular formula is C17H18FNO. The molecule has 3 heteroatoms. The van der Waals surface area contributed by atoms with Crippen LogP contribution in [0.4, 0.5) is 4.39 Å². The molecular weight excluding hydrogens is 253 g/mol. The SMILES string of the molecule is COc1cc(C=Cc2cccc(F)c2)cnc1C(C)C. The molecule has 0 N–H and O–H groups in total. The van der Waals surface area contributed by atoms with Crippen LogP contribution in [0.15, 0.2) is 36.5 Å². The molecule has 0 radical (unpaired) electrons. The smallest absolute Gasteiger partial charge is 0.141 e. The van der Waals surface area contributed by atoms with Crippen LogP contribution in [0.1, 0.15) is 36.6 Å². The van der Waals surface area contributed by atoms with E-state index in [-0.39, 0.29) is 5.82 Å². The lowest BCUT2D eigenvalue weighted by molar-refractivity contribution is 0.404. The molecule has 20 heavy (non-hydrogen) atoms. The summed E-state index contributed by atoms with van der Waals surface area (Å²) in [6.07, 6.45) is 5.55. The molecule has 0 spiro atoms.